The molecule has 0 saturated carbocycles. The van der Waals surface area contributed by atoms with E-state index in [1.807, 2.05) is 26.2 Å². The van der Waals surface area contributed by atoms with E-state index in [9.17, 15) is 0 Å². The Morgan fingerprint density at radius 1 is 1.62 bits per heavy atom. The Bertz CT molecular complexity index is 105. The lowest BCUT2D eigenvalue weighted by molar-refractivity contribution is 0.676. The lowest BCUT2D eigenvalue weighted by atomic mass is 10.5. The van der Waals surface area contributed by atoms with Crippen LogP contribution in [0.1, 0.15) is 13.8 Å². The summed E-state index contributed by atoms with van der Waals surface area (Å²) in [4.78, 5) is 1.75. The van der Waals surface area contributed by atoms with E-state index in [0.29, 0.717) is 5.84 Å². The maximum absolute atomic E-state index is 7.08. The number of nitrogens with one attached hydrogen (secondary N) is 1. The summed E-state index contributed by atoms with van der Waals surface area (Å²) < 4.78 is 0. The van der Waals surface area contributed by atoms with Crippen LogP contribution in [0.25, 0.3) is 0 Å². The summed E-state index contributed by atoms with van der Waals surface area (Å²) in [5.41, 5.74) is 0. The van der Waals surface area contributed by atoms with Gasteiger partial charge in [-0.25, -0.2) is 0 Å². The Balaban J connectivity index is 3.64. The summed E-state index contributed by atoms with van der Waals surface area (Å²) in [7, 11) is 1.85. The van der Waals surface area contributed by atoms with Crippen LogP contribution in [0.5, 0.6) is 0 Å². The van der Waals surface area contributed by atoms with Gasteiger partial charge in [-0.3, -0.25) is 5.41 Å². The van der Waals surface area contributed by atoms with Gasteiger partial charge in [0, 0.05) is 13.2 Å². The first kappa shape index (κ1) is 7.21. The molecule has 0 unspecified atom stereocenters. The highest BCUT2D eigenvalue weighted by atomic mass is 15.1. The van der Waals surface area contributed by atoms with Crippen LogP contribution in [0, 0.1) is 5.41 Å². The average Bonchev–Trinajstić information content (AvgIpc) is 1.67. The van der Waals surface area contributed by atoms with E-state index in [4.69, 9.17) is 5.41 Å². The number of allylic oxidation sites excluding steroid dienone is 1. The first-order chi connectivity index (χ1) is 3.68. The van der Waals surface area contributed by atoms with Crippen LogP contribution in [0.15, 0.2) is 12.3 Å². The molecule has 0 aliphatic carbocycles. The minimum Gasteiger partial charge on any atom is -0.341 e. The van der Waals surface area contributed by atoms with Crippen molar-refractivity contribution in [1.82, 2.24) is 4.90 Å². The largest absolute Gasteiger partial charge is 0.341 e. The van der Waals surface area contributed by atoms with Crippen molar-refractivity contribution in [3.05, 3.63) is 12.3 Å². The SMILES string of the molecule is C/C=C\N(C)C(C)=N. The molecule has 0 fully saturated rings. The molecular formula is C6H12N2. The van der Waals surface area contributed by atoms with Crippen LogP contribution >= 0.6 is 0 Å². The lowest BCUT2D eigenvalue weighted by Gasteiger charge is -2.09. The van der Waals surface area contributed by atoms with Crippen LogP contribution in [0.4, 0.5) is 0 Å². The summed E-state index contributed by atoms with van der Waals surface area (Å²) in [6, 6.07) is 0. The third-order valence-corrected chi connectivity index (χ3v) is 0.902. The fraction of sp³-hybridized carbons (Fsp3) is 0.500. The fourth-order valence-electron chi connectivity index (χ4n) is 0.335. The molecule has 0 aromatic heterocycles. The van der Waals surface area contributed by atoms with Crippen molar-refractivity contribution in [2.75, 3.05) is 7.05 Å². The smallest absolute Gasteiger partial charge is 0.0963 e. The highest BCUT2D eigenvalue weighted by Crippen LogP contribution is 1.83. The lowest BCUT2D eigenvalue weighted by Crippen LogP contribution is -2.15. The standard InChI is InChI=1S/C6H12N2/c1-4-5-8(3)6(2)7/h4-5,7H,1-3H3/b5-4-,7-6?. The van der Waals surface area contributed by atoms with Gasteiger partial charge in [0.25, 0.3) is 0 Å². The second-order valence-corrected chi connectivity index (χ2v) is 1.68. The van der Waals surface area contributed by atoms with Crippen molar-refractivity contribution in [3.63, 3.8) is 0 Å². The molecule has 0 radical (unpaired) electrons. The molecule has 0 atom stereocenters. The third-order valence-electron chi connectivity index (χ3n) is 0.902. The van der Waals surface area contributed by atoms with Gasteiger partial charge in [-0.15, -0.1) is 0 Å². The number of amidine groups is 1. The molecule has 0 aliphatic heterocycles. The summed E-state index contributed by atoms with van der Waals surface area (Å²) in [6.45, 7) is 3.68. The van der Waals surface area contributed by atoms with Crippen molar-refractivity contribution < 1.29 is 0 Å². The Kier molecular flexibility index (Phi) is 2.92. The molecule has 2 heteroatoms. The Labute approximate surface area is 50.3 Å². The fourth-order valence-corrected chi connectivity index (χ4v) is 0.335. The zero-order chi connectivity index (χ0) is 6.57. The predicted octanol–water partition coefficient (Wildman–Crippen LogP) is 1.45. The van der Waals surface area contributed by atoms with E-state index < -0.39 is 0 Å². The molecule has 0 saturated heterocycles. The zero-order valence-electron chi connectivity index (χ0n) is 5.60. The van der Waals surface area contributed by atoms with Crippen molar-refractivity contribution in [2.45, 2.75) is 13.8 Å². The maximum Gasteiger partial charge on any atom is 0.0963 e. The summed E-state index contributed by atoms with van der Waals surface area (Å²) in [5, 5.41) is 7.08. The molecular weight excluding hydrogens is 100 g/mol. The molecule has 0 aromatic rings. The summed E-state index contributed by atoms with van der Waals surface area (Å²) in [6.07, 6.45) is 3.75. The number of rotatable bonds is 1. The van der Waals surface area contributed by atoms with Crippen molar-refractivity contribution in [3.8, 4) is 0 Å². The van der Waals surface area contributed by atoms with Gasteiger partial charge in [-0.2, -0.15) is 0 Å². The van der Waals surface area contributed by atoms with Gasteiger partial charge >= 0.3 is 0 Å². The van der Waals surface area contributed by atoms with Gasteiger partial charge in [-0.05, 0) is 13.8 Å². The Morgan fingerprint density at radius 3 is 2.25 bits per heavy atom. The van der Waals surface area contributed by atoms with Gasteiger partial charge in [0.05, 0.1) is 5.84 Å². The monoisotopic (exact) mass is 112 g/mol. The van der Waals surface area contributed by atoms with Gasteiger partial charge < -0.3 is 4.90 Å². The first-order valence-corrected chi connectivity index (χ1v) is 2.59. The predicted molar refractivity (Wildman–Crippen MR) is 36.0 cm³/mol. The molecule has 2 nitrogen and oxygen atoms in total. The first-order valence-electron chi connectivity index (χ1n) is 2.59. The summed E-state index contributed by atoms with van der Waals surface area (Å²) >= 11 is 0. The zero-order valence-corrected chi connectivity index (χ0v) is 5.60. The molecule has 0 bridgehead atoms. The number of hydrogen-bond acceptors (Lipinski definition) is 1. The van der Waals surface area contributed by atoms with Crippen LogP contribution in [-0.2, 0) is 0 Å². The minimum atomic E-state index is 0.558. The third kappa shape index (κ3) is 2.39. The molecule has 46 valence electrons. The molecule has 0 aliphatic rings. The normalized spacial score (nSPS) is 9.88. The Morgan fingerprint density at radius 2 is 2.12 bits per heavy atom. The highest BCUT2D eigenvalue weighted by Gasteiger charge is 1.87. The van der Waals surface area contributed by atoms with Crippen LogP contribution < -0.4 is 0 Å². The average molecular weight is 112 g/mol. The molecule has 1 N–H and O–H groups in total. The van der Waals surface area contributed by atoms with Gasteiger partial charge in [0.15, 0.2) is 0 Å². The second-order valence-electron chi connectivity index (χ2n) is 1.68. The van der Waals surface area contributed by atoms with Crippen LogP contribution in [0.2, 0.25) is 0 Å². The molecule has 0 rings (SSSR count). The second kappa shape index (κ2) is 3.24. The quantitative estimate of drug-likeness (QED) is 0.403. The maximum atomic E-state index is 7.08. The van der Waals surface area contributed by atoms with E-state index in [1.54, 1.807) is 11.8 Å². The van der Waals surface area contributed by atoms with E-state index in [1.165, 1.54) is 0 Å². The Hall–Kier alpha value is -0.790. The van der Waals surface area contributed by atoms with E-state index in [-0.39, 0.29) is 0 Å². The topological polar surface area (TPSA) is 27.1 Å². The van der Waals surface area contributed by atoms with Gasteiger partial charge in [-0.1, -0.05) is 6.08 Å². The number of nitrogens with zero attached hydrogens (tertiary/aromatic N) is 1. The van der Waals surface area contributed by atoms with Crippen molar-refractivity contribution >= 4 is 5.84 Å². The summed E-state index contributed by atoms with van der Waals surface area (Å²) in [5.74, 6) is 0.558. The van der Waals surface area contributed by atoms with Crippen molar-refractivity contribution in [2.24, 2.45) is 0 Å². The van der Waals surface area contributed by atoms with Crippen LogP contribution in [0.3, 0.4) is 0 Å². The van der Waals surface area contributed by atoms with Gasteiger partial charge in [0.2, 0.25) is 0 Å². The van der Waals surface area contributed by atoms with E-state index in [2.05, 4.69) is 0 Å². The minimum absolute atomic E-state index is 0.558. The van der Waals surface area contributed by atoms with Gasteiger partial charge in [0.1, 0.15) is 0 Å². The molecule has 0 spiro atoms. The molecule has 8 heavy (non-hydrogen) atoms. The molecule has 0 amide bonds. The highest BCUT2D eigenvalue weighted by molar-refractivity contribution is 5.76. The molecule has 0 heterocycles. The van der Waals surface area contributed by atoms with Crippen LogP contribution in [-0.4, -0.2) is 17.8 Å². The molecule has 0 aromatic carbocycles. The van der Waals surface area contributed by atoms with E-state index in [0.717, 1.165) is 0 Å². The number of hydrogen-bond donors (Lipinski definition) is 1. The van der Waals surface area contributed by atoms with E-state index >= 15 is 0 Å². The van der Waals surface area contributed by atoms with Crippen molar-refractivity contribution in [1.29, 1.82) is 5.41 Å².